The fraction of sp³-hybridized carbons (Fsp3) is 0.241. The Morgan fingerprint density at radius 1 is 0.944 bits per heavy atom. The van der Waals surface area contributed by atoms with Crippen molar-refractivity contribution < 1.29 is 14.3 Å². The number of carbonyl (C=O) groups excluding carboxylic acids is 1. The lowest BCUT2D eigenvalue weighted by molar-refractivity contribution is 0.0546. The first kappa shape index (κ1) is 23.9. The Labute approximate surface area is 215 Å². The van der Waals surface area contributed by atoms with E-state index in [0.29, 0.717) is 17.3 Å². The van der Waals surface area contributed by atoms with Gasteiger partial charge in [0.2, 0.25) is 0 Å². The summed E-state index contributed by atoms with van der Waals surface area (Å²) in [6.07, 6.45) is 0. The van der Waals surface area contributed by atoms with E-state index < -0.39 is 5.54 Å². The summed E-state index contributed by atoms with van der Waals surface area (Å²) in [5, 5.41) is 8.26. The number of hydrogen-bond acceptors (Lipinski definition) is 4. The lowest BCUT2D eigenvalue weighted by Gasteiger charge is -2.37. The van der Waals surface area contributed by atoms with Crippen LogP contribution < -0.4 is 9.47 Å². The van der Waals surface area contributed by atoms with Crippen LogP contribution >= 0.6 is 11.6 Å². The minimum absolute atomic E-state index is 0.0576. The predicted octanol–water partition coefficient (Wildman–Crippen LogP) is 6.66. The molecule has 1 amide bonds. The SMILES string of the molecule is COc1ccc(-c2n[nH]c3c2C(c2ccc(OCc4ccc(Cl)cc4)cc2)N(C(C)(C)C)C3=O)cc1. The van der Waals surface area contributed by atoms with Crippen molar-refractivity contribution >= 4 is 17.5 Å². The average molecular weight is 502 g/mol. The monoisotopic (exact) mass is 501 g/mol. The molecule has 1 unspecified atom stereocenters. The number of nitrogens with zero attached hydrogens (tertiary/aromatic N) is 2. The van der Waals surface area contributed by atoms with E-state index in [1.807, 2.05) is 98.5 Å². The fourth-order valence-electron chi connectivity index (χ4n) is 4.62. The van der Waals surface area contributed by atoms with Crippen LogP contribution in [0.5, 0.6) is 11.5 Å². The predicted molar refractivity (Wildman–Crippen MR) is 141 cm³/mol. The van der Waals surface area contributed by atoms with Gasteiger partial charge in [0.05, 0.1) is 18.8 Å². The summed E-state index contributed by atoms with van der Waals surface area (Å²) < 4.78 is 11.3. The van der Waals surface area contributed by atoms with Crippen LogP contribution in [-0.4, -0.2) is 33.7 Å². The molecule has 1 aromatic heterocycles. The minimum Gasteiger partial charge on any atom is -0.497 e. The van der Waals surface area contributed by atoms with Crippen molar-refractivity contribution in [3.8, 4) is 22.8 Å². The number of benzene rings is 3. The molecule has 4 aromatic rings. The van der Waals surface area contributed by atoms with Crippen LogP contribution in [-0.2, 0) is 6.61 Å². The Hall–Kier alpha value is -3.77. The van der Waals surface area contributed by atoms with E-state index in [2.05, 4.69) is 10.2 Å². The number of nitrogens with one attached hydrogen (secondary N) is 1. The molecule has 0 aliphatic carbocycles. The summed E-state index contributed by atoms with van der Waals surface area (Å²) >= 11 is 5.97. The topological polar surface area (TPSA) is 67.5 Å². The van der Waals surface area contributed by atoms with Gasteiger partial charge in [-0.25, -0.2) is 0 Å². The molecule has 1 atom stereocenters. The second kappa shape index (κ2) is 9.36. The molecule has 1 aliphatic rings. The molecule has 0 bridgehead atoms. The van der Waals surface area contributed by atoms with Crippen molar-refractivity contribution in [3.05, 3.63) is 100 Å². The smallest absolute Gasteiger partial charge is 0.273 e. The highest BCUT2D eigenvalue weighted by atomic mass is 35.5. The zero-order valence-corrected chi connectivity index (χ0v) is 21.5. The second-order valence-electron chi connectivity index (χ2n) is 9.82. The van der Waals surface area contributed by atoms with E-state index in [-0.39, 0.29) is 11.9 Å². The van der Waals surface area contributed by atoms with Gasteiger partial charge in [0, 0.05) is 21.7 Å². The summed E-state index contributed by atoms with van der Waals surface area (Å²) in [4.78, 5) is 15.4. The first-order valence-corrected chi connectivity index (χ1v) is 12.2. The van der Waals surface area contributed by atoms with E-state index in [1.165, 1.54) is 0 Å². The summed E-state index contributed by atoms with van der Waals surface area (Å²) in [5.41, 5.74) is 4.73. The molecule has 0 fully saturated rings. The van der Waals surface area contributed by atoms with Crippen LogP contribution in [0.25, 0.3) is 11.3 Å². The highest BCUT2D eigenvalue weighted by Crippen LogP contribution is 2.46. The van der Waals surface area contributed by atoms with Crippen LogP contribution in [0, 0.1) is 0 Å². The number of H-pyrrole nitrogens is 1. The number of aromatic nitrogens is 2. The molecule has 0 saturated heterocycles. The number of hydrogen-bond donors (Lipinski definition) is 1. The van der Waals surface area contributed by atoms with Gasteiger partial charge in [-0.05, 0) is 80.4 Å². The first-order chi connectivity index (χ1) is 17.3. The Balaban J connectivity index is 1.48. The van der Waals surface area contributed by atoms with Gasteiger partial charge in [-0.2, -0.15) is 5.10 Å². The van der Waals surface area contributed by atoms with Crippen molar-refractivity contribution in [2.75, 3.05) is 7.11 Å². The summed E-state index contributed by atoms with van der Waals surface area (Å²) in [5.74, 6) is 1.46. The van der Waals surface area contributed by atoms with Gasteiger partial charge in [0.25, 0.3) is 5.91 Å². The van der Waals surface area contributed by atoms with E-state index in [0.717, 1.165) is 39.4 Å². The molecule has 5 rings (SSSR count). The quantitative estimate of drug-likeness (QED) is 0.320. The number of amides is 1. The van der Waals surface area contributed by atoms with Crippen LogP contribution in [0.15, 0.2) is 72.8 Å². The van der Waals surface area contributed by atoms with Crippen molar-refractivity contribution in [3.63, 3.8) is 0 Å². The van der Waals surface area contributed by atoms with Gasteiger partial charge in [-0.3, -0.25) is 9.89 Å². The molecular formula is C29H28ClN3O3. The molecule has 2 heterocycles. The maximum atomic E-state index is 13.5. The van der Waals surface area contributed by atoms with Crippen LogP contribution in [0.2, 0.25) is 5.02 Å². The van der Waals surface area contributed by atoms with Crippen molar-refractivity contribution in [1.29, 1.82) is 0 Å². The number of methoxy groups -OCH3 is 1. The van der Waals surface area contributed by atoms with Crippen molar-refractivity contribution in [2.24, 2.45) is 0 Å². The number of aromatic amines is 1. The standard InChI is InChI=1S/C29H28ClN3O3/c1-29(2,3)33-27(20-9-15-23(16-10-20)36-17-18-5-11-21(30)12-6-18)24-25(31-32-26(24)28(33)34)19-7-13-22(35-4)14-8-19/h5-16,27H,17H2,1-4H3,(H,31,32). The highest BCUT2D eigenvalue weighted by Gasteiger charge is 2.46. The number of rotatable bonds is 6. The second-order valence-corrected chi connectivity index (χ2v) is 10.3. The molecule has 3 aromatic carbocycles. The van der Waals surface area contributed by atoms with Crippen molar-refractivity contribution in [1.82, 2.24) is 15.1 Å². The molecule has 0 saturated carbocycles. The summed E-state index contributed by atoms with van der Waals surface area (Å²) in [7, 11) is 1.64. The van der Waals surface area contributed by atoms with Gasteiger partial charge >= 0.3 is 0 Å². The van der Waals surface area contributed by atoms with Crippen LogP contribution in [0.4, 0.5) is 0 Å². The lowest BCUT2D eigenvalue weighted by Crippen LogP contribution is -2.44. The fourth-order valence-corrected chi connectivity index (χ4v) is 4.74. The van der Waals surface area contributed by atoms with Gasteiger partial charge in [0.15, 0.2) is 0 Å². The van der Waals surface area contributed by atoms with Gasteiger partial charge in [-0.1, -0.05) is 35.9 Å². The molecule has 0 spiro atoms. The van der Waals surface area contributed by atoms with Crippen LogP contribution in [0.1, 0.15) is 54.0 Å². The van der Waals surface area contributed by atoms with Gasteiger partial charge in [0.1, 0.15) is 23.8 Å². The Morgan fingerprint density at radius 2 is 1.58 bits per heavy atom. The zero-order valence-electron chi connectivity index (χ0n) is 20.7. The maximum absolute atomic E-state index is 13.5. The van der Waals surface area contributed by atoms with Gasteiger partial charge in [-0.15, -0.1) is 0 Å². The molecule has 6 nitrogen and oxygen atoms in total. The number of ether oxygens (including phenoxy) is 2. The normalized spacial score (nSPS) is 15.2. The number of carbonyl (C=O) groups is 1. The molecule has 7 heteroatoms. The third-order valence-corrected chi connectivity index (χ3v) is 6.62. The largest absolute Gasteiger partial charge is 0.497 e. The summed E-state index contributed by atoms with van der Waals surface area (Å²) in [6, 6.07) is 23.0. The highest BCUT2D eigenvalue weighted by molar-refractivity contribution is 6.30. The number of fused-ring (bicyclic) bond motifs is 1. The summed E-state index contributed by atoms with van der Waals surface area (Å²) in [6.45, 7) is 6.59. The average Bonchev–Trinajstić information content (AvgIpc) is 3.43. The first-order valence-electron chi connectivity index (χ1n) is 11.8. The minimum atomic E-state index is -0.400. The molecule has 0 radical (unpaired) electrons. The van der Waals surface area contributed by atoms with E-state index in [9.17, 15) is 4.79 Å². The van der Waals surface area contributed by atoms with Crippen LogP contribution in [0.3, 0.4) is 0 Å². The third kappa shape index (κ3) is 4.44. The van der Waals surface area contributed by atoms with E-state index >= 15 is 0 Å². The van der Waals surface area contributed by atoms with E-state index in [4.69, 9.17) is 21.1 Å². The molecular weight excluding hydrogens is 474 g/mol. The molecule has 1 aliphatic heterocycles. The molecule has 1 N–H and O–H groups in total. The lowest BCUT2D eigenvalue weighted by atomic mass is 9.93. The molecule has 36 heavy (non-hydrogen) atoms. The van der Waals surface area contributed by atoms with E-state index in [1.54, 1.807) is 7.11 Å². The third-order valence-electron chi connectivity index (χ3n) is 6.37. The Morgan fingerprint density at radius 3 is 2.19 bits per heavy atom. The number of halogens is 1. The van der Waals surface area contributed by atoms with Gasteiger partial charge < -0.3 is 14.4 Å². The zero-order chi connectivity index (χ0) is 25.4. The maximum Gasteiger partial charge on any atom is 0.273 e. The Bertz CT molecular complexity index is 1370. The molecule has 184 valence electrons. The Kier molecular flexibility index (Phi) is 6.22. The van der Waals surface area contributed by atoms with Crippen molar-refractivity contribution in [2.45, 2.75) is 39.0 Å².